The molecule has 8 heteroatoms. The van der Waals surface area contributed by atoms with E-state index in [0.717, 1.165) is 30.0 Å². The van der Waals surface area contributed by atoms with Crippen LogP contribution in [0.1, 0.15) is 41.4 Å². The zero-order valence-electron chi connectivity index (χ0n) is 19.3. The van der Waals surface area contributed by atoms with Gasteiger partial charge in [-0.05, 0) is 61.8 Å². The summed E-state index contributed by atoms with van der Waals surface area (Å²) < 4.78 is 22.0. The highest BCUT2D eigenvalue weighted by Gasteiger charge is 2.24. The van der Waals surface area contributed by atoms with E-state index < -0.39 is 0 Å². The molecule has 34 heavy (non-hydrogen) atoms. The molecule has 2 aliphatic heterocycles. The molecule has 1 fully saturated rings. The predicted octanol–water partition coefficient (Wildman–Crippen LogP) is 4.08. The fourth-order valence-electron chi connectivity index (χ4n) is 4.51. The third-order valence-corrected chi connectivity index (χ3v) is 6.36. The first kappa shape index (κ1) is 22.3. The molecule has 1 amide bonds. The molecule has 0 radical (unpaired) electrons. The monoisotopic (exact) mass is 463 g/mol. The number of amides is 1. The standard InChI is InChI=1S/C26H29N3O5/c1-31-20-8-5-18(6-9-20)22(29-11-3-2-4-12-29)17-27-26(30)21-16-24(34-28-21)19-7-10-23-25(15-19)33-14-13-32-23/h5-10,15-16,22H,2-4,11-14,17H2,1H3,(H,27,30). The summed E-state index contributed by atoms with van der Waals surface area (Å²) in [6, 6.07) is 15.4. The molecular formula is C26H29N3O5. The van der Waals surface area contributed by atoms with Gasteiger partial charge in [0, 0.05) is 18.2 Å². The third-order valence-electron chi connectivity index (χ3n) is 6.36. The molecule has 3 heterocycles. The number of nitrogens with one attached hydrogen (secondary N) is 1. The topological polar surface area (TPSA) is 86.1 Å². The second-order valence-electron chi connectivity index (χ2n) is 8.53. The molecule has 2 aliphatic rings. The molecule has 0 bridgehead atoms. The van der Waals surface area contributed by atoms with E-state index in [2.05, 4.69) is 27.5 Å². The predicted molar refractivity (Wildman–Crippen MR) is 126 cm³/mol. The van der Waals surface area contributed by atoms with Crippen LogP contribution in [0, 0.1) is 0 Å². The number of hydrogen-bond donors (Lipinski definition) is 1. The minimum Gasteiger partial charge on any atom is -0.497 e. The number of piperidine rings is 1. The minimum absolute atomic E-state index is 0.0827. The Morgan fingerprint density at radius 2 is 1.79 bits per heavy atom. The van der Waals surface area contributed by atoms with Crippen LogP contribution in [-0.4, -0.2) is 55.9 Å². The van der Waals surface area contributed by atoms with E-state index in [9.17, 15) is 4.79 Å². The number of nitrogens with zero attached hydrogens (tertiary/aromatic N) is 2. The molecule has 0 spiro atoms. The molecular weight excluding hydrogens is 434 g/mol. The second-order valence-corrected chi connectivity index (χ2v) is 8.53. The zero-order valence-corrected chi connectivity index (χ0v) is 19.3. The van der Waals surface area contributed by atoms with Gasteiger partial charge in [-0.15, -0.1) is 0 Å². The van der Waals surface area contributed by atoms with E-state index in [1.165, 1.54) is 19.3 Å². The lowest BCUT2D eigenvalue weighted by atomic mass is 10.0. The molecule has 178 valence electrons. The maximum atomic E-state index is 12.9. The van der Waals surface area contributed by atoms with Crippen molar-refractivity contribution in [3.63, 3.8) is 0 Å². The summed E-state index contributed by atoms with van der Waals surface area (Å²) in [5.74, 6) is 2.43. The maximum Gasteiger partial charge on any atom is 0.273 e. The zero-order chi connectivity index (χ0) is 23.3. The van der Waals surface area contributed by atoms with Crippen molar-refractivity contribution in [2.24, 2.45) is 0 Å². The third kappa shape index (κ3) is 4.87. The van der Waals surface area contributed by atoms with Gasteiger partial charge in [0.2, 0.25) is 0 Å². The van der Waals surface area contributed by atoms with Gasteiger partial charge >= 0.3 is 0 Å². The molecule has 1 atom stereocenters. The van der Waals surface area contributed by atoms with Crippen molar-refractivity contribution < 1.29 is 23.5 Å². The number of carbonyl (C=O) groups is 1. The Morgan fingerprint density at radius 1 is 1.03 bits per heavy atom. The highest BCUT2D eigenvalue weighted by Crippen LogP contribution is 2.34. The summed E-state index contributed by atoms with van der Waals surface area (Å²) in [6.45, 7) is 3.56. The highest BCUT2D eigenvalue weighted by atomic mass is 16.6. The lowest BCUT2D eigenvalue weighted by Crippen LogP contribution is -2.40. The summed E-state index contributed by atoms with van der Waals surface area (Å²) in [6.07, 6.45) is 3.59. The van der Waals surface area contributed by atoms with Crippen LogP contribution in [0.25, 0.3) is 11.3 Å². The van der Waals surface area contributed by atoms with Crippen molar-refractivity contribution >= 4 is 5.91 Å². The first-order valence-corrected chi connectivity index (χ1v) is 11.7. The molecule has 2 aromatic carbocycles. The van der Waals surface area contributed by atoms with Crippen molar-refractivity contribution in [2.75, 3.05) is 40.0 Å². The average Bonchev–Trinajstić information content (AvgIpc) is 3.40. The Kier molecular flexibility index (Phi) is 6.67. The van der Waals surface area contributed by atoms with Gasteiger partial charge < -0.3 is 24.1 Å². The number of benzene rings is 2. The summed E-state index contributed by atoms with van der Waals surface area (Å²) >= 11 is 0. The molecule has 1 aromatic heterocycles. The molecule has 1 unspecified atom stereocenters. The van der Waals surface area contributed by atoms with Crippen molar-refractivity contribution in [3.05, 3.63) is 59.8 Å². The molecule has 5 rings (SSSR count). The Hall–Kier alpha value is -3.52. The fourth-order valence-corrected chi connectivity index (χ4v) is 4.51. The van der Waals surface area contributed by atoms with E-state index >= 15 is 0 Å². The molecule has 8 nitrogen and oxygen atoms in total. The van der Waals surface area contributed by atoms with Crippen LogP contribution in [0.5, 0.6) is 17.2 Å². The first-order valence-electron chi connectivity index (χ1n) is 11.7. The number of aromatic nitrogens is 1. The normalized spacial score (nSPS) is 16.6. The van der Waals surface area contributed by atoms with Crippen LogP contribution in [0.2, 0.25) is 0 Å². The number of fused-ring (bicyclic) bond motifs is 1. The van der Waals surface area contributed by atoms with Crippen molar-refractivity contribution in [1.29, 1.82) is 0 Å². The maximum absolute atomic E-state index is 12.9. The van der Waals surface area contributed by atoms with Crippen LogP contribution in [0.15, 0.2) is 53.1 Å². The Morgan fingerprint density at radius 3 is 2.56 bits per heavy atom. The number of ether oxygens (including phenoxy) is 3. The first-order chi connectivity index (χ1) is 16.7. The quantitative estimate of drug-likeness (QED) is 0.565. The van der Waals surface area contributed by atoms with Gasteiger partial charge in [-0.2, -0.15) is 0 Å². The van der Waals surface area contributed by atoms with E-state index in [1.54, 1.807) is 13.2 Å². The van der Waals surface area contributed by atoms with Crippen LogP contribution in [-0.2, 0) is 0 Å². The smallest absolute Gasteiger partial charge is 0.273 e. The molecule has 0 aliphatic carbocycles. The van der Waals surface area contributed by atoms with Crippen molar-refractivity contribution in [2.45, 2.75) is 25.3 Å². The molecule has 3 aromatic rings. The summed E-state index contributed by atoms with van der Waals surface area (Å²) in [4.78, 5) is 15.4. The number of methoxy groups -OCH3 is 1. The SMILES string of the molecule is COc1ccc(C(CNC(=O)c2cc(-c3ccc4c(c3)OCCO4)on2)N2CCCCC2)cc1. The number of likely N-dealkylation sites (tertiary alicyclic amines) is 1. The van der Waals surface area contributed by atoms with Gasteiger partial charge in [0.25, 0.3) is 5.91 Å². The van der Waals surface area contributed by atoms with E-state index in [-0.39, 0.29) is 17.6 Å². The van der Waals surface area contributed by atoms with E-state index in [0.29, 0.717) is 37.0 Å². The lowest BCUT2D eigenvalue weighted by Gasteiger charge is -2.35. The van der Waals surface area contributed by atoms with Crippen LogP contribution < -0.4 is 19.5 Å². The van der Waals surface area contributed by atoms with Gasteiger partial charge in [0.15, 0.2) is 23.0 Å². The highest BCUT2D eigenvalue weighted by molar-refractivity contribution is 5.93. The average molecular weight is 464 g/mol. The Balaban J connectivity index is 1.28. The number of rotatable bonds is 7. The van der Waals surface area contributed by atoms with Gasteiger partial charge in [0.05, 0.1) is 13.2 Å². The number of carbonyl (C=O) groups excluding carboxylic acids is 1. The minimum atomic E-state index is -0.261. The summed E-state index contributed by atoms with van der Waals surface area (Å²) in [5, 5.41) is 7.06. The Bertz CT molecular complexity index is 1120. The van der Waals surface area contributed by atoms with Crippen molar-refractivity contribution in [1.82, 2.24) is 15.4 Å². The van der Waals surface area contributed by atoms with Gasteiger partial charge in [0.1, 0.15) is 19.0 Å². The van der Waals surface area contributed by atoms with Crippen LogP contribution in [0.3, 0.4) is 0 Å². The largest absolute Gasteiger partial charge is 0.497 e. The van der Waals surface area contributed by atoms with Crippen LogP contribution >= 0.6 is 0 Å². The lowest BCUT2D eigenvalue weighted by molar-refractivity contribution is 0.0915. The fraction of sp³-hybridized carbons (Fsp3) is 0.385. The molecule has 1 N–H and O–H groups in total. The van der Waals surface area contributed by atoms with E-state index in [1.807, 2.05) is 30.3 Å². The molecule has 1 saturated heterocycles. The van der Waals surface area contributed by atoms with Gasteiger partial charge in [-0.3, -0.25) is 9.69 Å². The van der Waals surface area contributed by atoms with Crippen molar-refractivity contribution in [3.8, 4) is 28.6 Å². The summed E-state index contributed by atoms with van der Waals surface area (Å²) in [5.41, 5.74) is 2.18. The second kappa shape index (κ2) is 10.2. The van der Waals surface area contributed by atoms with E-state index in [4.69, 9.17) is 18.7 Å². The van der Waals surface area contributed by atoms with Crippen LogP contribution in [0.4, 0.5) is 0 Å². The molecule has 0 saturated carbocycles. The Labute approximate surface area is 198 Å². The van der Waals surface area contributed by atoms with Gasteiger partial charge in [-0.1, -0.05) is 23.7 Å². The summed E-state index contributed by atoms with van der Waals surface area (Å²) in [7, 11) is 1.66. The number of hydrogen-bond acceptors (Lipinski definition) is 7. The van der Waals surface area contributed by atoms with Gasteiger partial charge in [-0.25, -0.2) is 0 Å².